The molecule has 0 aliphatic heterocycles. The number of nitrogens with zero attached hydrogens (tertiary/aromatic N) is 1. The van der Waals surface area contributed by atoms with Crippen LogP contribution in [0.3, 0.4) is 0 Å². The molecule has 3 heteroatoms. The summed E-state index contributed by atoms with van der Waals surface area (Å²) in [6.07, 6.45) is 52.4. The van der Waals surface area contributed by atoms with E-state index in [1.54, 1.807) is 0 Å². The number of unbranched alkanes of at least 4 members (excludes halogenated alkanes) is 18. The quantitative estimate of drug-likeness (QED) is 0.0569. The predicted molar refractivity (Wildman–Crippen MR) is 203 cm³/mol. The highest BCUT2D eigenvalue weighted by Crippen LogP contribution is 2.16. The average Bonchev–Trinajstić information content (AvgIpc) is 3.03. The lowest BCUT2D eigenvalue weighted by Crippen LogP contribution is -2.36. The zero-order valence-corrected chi connectivity index (χ0v) is 30.9. The minimum atomic E-state index is 0.230. The molecular weight excluding hydrogens is 548 g/mol. The van der Waals surface area contributed by atoms with Crippen molar-refractivity contribution < 1.29 is 4.79 Å². The van der Waals surface area contributed by atoms with Crippen LogP contribution in [0, 0.1) is 0 Å². The van der Waals surface area contributed by atoms with Gasteiger partial charge in [0.1, 0.15) is 0 Å². The summed E-state index contributed by atoms with van der Waals surface area (Å²) in [5, 5.41) is 3.39. The number of hydrogen-bond acceptors (Lipinski definition) is 2. The van der Waals surface area contributed by atoms with Crippen LogP contribution in [-0.4, -0.2) is 37.5 Å². The minimum Gasteiger partial charge on any atom is -0.353 e. The van der Waals surface area contributed by atoms with Gasteiger partial charge in [0, 0.05) is 19.0 Å². The second-order valence-corrected chi connectivity index (χ2v) is 13.6. The lowest BCUT2D eigenvalue weighted by Gasteiger charge is -2.20. The van der Waals surface area contributed by atoms with Crippen LogP contribution in [0.2, 0.25) is 0 Å². The van der Waals surface area contributed by atoms with E-state index in [0.29, 0.717) is 12.5 Å². The van der Waals surface area contributed by atoms with Crippen LogP contribution >= 0.6 is 0 Å². The van der Waals surface area contributed by atoms with E-state index in [4.69, 9.17) is 0 Å². The van der Waals surface area contributed by atoms with Gasteiger partial charge in [-0.1, -0.05) is 152 Å². The van der Waals surface area contributed by atoms with Gasteiger partial charge in [0.2, 0.25) is 5.91 Å². The second kappa shape index (κ2) is 36.9. The van der Waals surface area contributed by atoms with Gasteiger partial charge in [-0.2, -0.15) is 0 Å². The number of nitrogens with one attached hydrogen (secondary N) is 1. The van der Waals surface area contributed by atoms with Crippen molar-refractivity contribution in [3.8, 4) is 0 Å². The molecule has 45 heavy (non-hydrogen) atoms. The maximum Gasteiger partial charge on any atom is 0.221 e. The molecule has 0 rings (SSSR count). The van der Waals surface area contributed by atoms with Gasteiger partial charge in [-0.25, -0.2) is 0 Å². The van der Waals surface area contributed by atoms with Crippen molar-refractivity contribution in [2.75, 3.05) is 20.6 Å². The predicted octanol–water partition coefficient (Wildman–Crippen LogP) is 12.8. The van der Waals surface area contributed by atoms with Crippen molar-refractivity contribution in [1.82, 2.24) is 10.2 Å². The second-order valence-electron chi connectivity index (χ2n) is 13.6. The number of rotatable bonds is 34. The third kappa shape index (κ3) is 36.7. The number of carbonyl (C=O) groups excluding carboxylic acids is 1. The zero-order valence-electron chi connectivity index (χ0n) is 30.9. The molecule has 0 heterocycles. The number of amides is 1. The van der Waals surface area contributed by atoms with Gasteiger partial charge in [0.25, 0.3) is 0 Å². The summed E-state index contributed by atoms with van der Waals surface area (Å²) < 4.78 is 0. The standard InChI is InChI=1S/C42H78N2O/c1-5-7-9-11-13-15-17-19-21-23-25-27-29-31-33-35-37-41(43-42(45)39-40-44(3)4)38-36-34-32-30-28-26-24-22-20-18-16-14-12-10-8-6-2/h13-16,19-22,41H,5-12,17-18,23-40H2,1-4H3,(H,43,45)/b15-13-,16-14-,21-19-,22-20-. The van der Waals surface area contributed by atoms with Gasteiger partial charge in [-0.15, -0.1) is 0 Å². The monoisotopic (exact) mass is 627 g/mol. The van der Waals surface area contributed by atoms with Crippen LogP contribution in [0.4, 0.5) is 0 Å². The van der Waals surface area contributed by atoms with Gasteiger partial charge >= 0.3 is 0 Å². The van der Waals surface area contributed by atoms with Gasteiger partial charge < -0.3 is 10.2 Å². The fourth-order valence-electron chi connectivity index (χ4n) is 5.67. The number of carbonyl (C=O) groups is 1. The molecule has 0 radical (unpaired) electrons. The van der Waals surface area contributed by atoms with Crippen LogP contribution in [-0.2, 0) is 4.79 Å². The van der Waals surface area contributed by atoms with E-state index in [0.717, 1.165) is 32.2 Å². The Bertz CT molecular complexity index is 672. The Morgan fingerprint density at radius 3 is 1.24 bits per heavy atom. The van der Waals surface area contributed by atoms with E-state index in [9.17, 15) is 4.79 Å². The fourth-order valence-corrected chi connectivity index (χ4v) is 5.67. The molecule has 0 saturated carbocycles. The summed E-state index contributed by atoms with van der Waals surface area (Å²) in [5.74, 6) is 0.230. The van der Waals surface area contributed by atoms with Crippen LogP contribution < -0.4 is 5.32 Å². The highest BCUT2D eigenvalue weighted by atomic mass is 16.1. The zero-order chi connectivity index (χ0) is 32.9. The molecule has 0 atom stereocenters. The molecule has 0 aliphatic carbocycles. The lowest BCUT2D eigenvalue weighted by molar-refractivity contribution is -0.122. The molecule has 0 aromatic heterocycles. The molecule has 1 amide bonds. The molecule has 0 saturated heterocycles. The SMILES string of the molecule is CCCCC/C=C\C/C=C\CCCCCCCCC(CCCCCCCC/C=C\C/C=C\CCCCC)NC(=O)CCN(C)C. The number of allylic oxidation sites excluding steroid dienone is 8. The molecule has 0 aliphatic rings. The Balaban J connectivity index is 3.96. The van der Waals surface area contributed by atoms with E-state index in [1.807, 2.05) is 14.1 Å². The molecule has 0 aromatic rings. The Kier molecular flexibility index (Phi) is 35.5. The normalized spacial score (nSPS) is 12.4. The van der Waals surface area contributed by atoms with Crippen molar-refractivity contribution in [2.45, 2.75) is 193 Å². The van der Waals surface area contributed by atoms with Crippen LogP contribution in [0.5, 0.6) is 0 Å². The fraction of sp³-hybridized carbons (Fsp3) is 0.786. The third-order valence-corrected chi connectivity index (χ3v) is 8.66. The maximum atomic E-state index is 12.5. The van der Waals surface area contributed by atoms with E-state index < -0.39 is 0 Å². The van der Waals surface area contributed by atoms with Crippen LogP contribution in [0.1, 0.15) is 187 Å². The van der Waals surface area contributed by atoms with E-state index in [2.05, 4.69) is 72.7 Å². The van der Waals surface area contributed by atoms with Crippen LogP contribution in [0.25, 0.3) is 0 Å². The van der Waals surface area contributed by atoms with Gasteiger partial charge in [-0.3, -0.25) is 4.79 Å². The molecule has 0 fully saturated rings. The Morgan fingerprint density at radius 2 is 0.867 bits per heavy atom. The molecule has 1 N–H and O–H groups in total. The molecular formula is C42H78N2O. The first-order valence-electron chi connectivity index (χ1n) is 19.6. The van der Waals surface area contributed by atoms with Crippen molar-refractivity contribution in [2.24, 2.45) is 0 Å². The smallest absolute Gasteiger partial charge is 0.221 e. The third-order valence-electron chi connectivity index (χ3n) is 8.66. The molecule has 262 valence electrons. The molecule has 3 nitrogen and oxygen atoms in total. The summed E-state index contributed by atoms with van der Waals surface area (Å²) in [7, 11) is 4.08. The average molecular weight is 627 g/mol. The Labute approximate surface area is 282 Å². The number of hydrogen-bond donors (Lipinski definition) is 1. The first-order valence-corrected chi connectivity index (χ1v) is 19.6. The van der Waals surface area contributed by atoms with Crippen molar-refractivity contribution >= 4 is 5.91 Å². The highest BCUT2D eigenvalue weighted by molar-refractivity contribution is 5.76. The molecule has 0 spiro atoms. The Morgan fingerprint density at radius 1 is 0.511 bits per heavy atom. The van der Waals surface area contributed by atoms with Gasteiger partial charge in [-0.05, 0) is 91.1 Å². The van der Waals surface area contributed by atoms with Crippen LogP contribution in [0.15, 0.2) is 48.6 Å². The van der Waals surface area contributed by atoms with Crippen molar-refractivity contribution in [1.29, 1.82) is 0 Å². The van der Waals surface area contributed by atoms with Gasteiger partial charge in [0.05, 0.1) is 0 Å². The summed E-state index contributed by atoms with van der Waals surface area (Å²) in [5.41, 5.74) is 0. The van der Waals surface area contributed by atoms with Crippen molar-refractivity contribution in [3.05, 3.63) is 48.6 Å². The summed E-state index contributed by atoms with van der Waals surface area (Å²) >= 11 is 0. The van der Waals surface area contributed by atoms with Gasteiger partial charge in [0.15, 0.2) is 0 Å². The lowest BCUT2D eigenvalue weighted by atomic mass is 9.99. The molecule has 0 bridgehead atoms. The summed E-state index contributed by atoms with van der Waals surface area (Å²) in [6, 6.07) is 0.358. The summed E-state index contributed by atoms with van der Waals surface area (Å²) in [4.78, 5) is 14.6. The van der Waals surface area contributed by atoms with Crippen molar-refractivity contribution in [3.63, 3.8) is 0 Å². The Hall–Kier alpha value is -1.61. The summed E-state index contributed by atoms with van der Waals surface area (Å²) in [6.45, 7) is 5.35. The topological polar surface area (TPSA) is 32.3 Å². The molecule has 0 unspecified atom stereocenters. The van der Waals surface area contributed by atoms with E-state index >= 15 is 0 Å². The molecule has 0 aromatic carbocycles. The van der Waals surface area contributed by atoms with E-state index in [-0.39, 0.29) is 5.91 Å². The first-order chi connectivity index (χ1) is 22.1. The highest BCUT2D eigenvalue weighted by Gasteiger charge is 2.12. The minimum absolute atomic E-state index is 0.230. The largest absolute Gasteiger partial charge is 0.353 e. The maximum absolute atomic E-state index is 12.5. The first kappa shape index (κ1) is 43.4. The van der Waals surface area contributed by atoms with E-state index in [1.165, 1.54) is 141 Å².